The van der Waals surface area contributed by atoms with Crippen LogP contribution in [-0.4, -0.2) is 21.3 Å². The van der Waals surface area contributed by atoms with Gasteiger partial charge in [0.05, 0.1) is 23.1 Å². The van der Waals surface area contributed by atoms with Gasteiger partial charge in [0.25, 0.3) is 0 Å². The van der Waals surface area contributed by atoms with E-state index >= 15 is 0 Å². The lowest BCUT2D eigenvalue weighted by Crippen LogP contribution is -2.22. The molecule has 0 atom stereocenters. The second-order valence-corrected chi connectivity index (χ2v) is 8.01. The minimum Gasteiger partial charge on any atom is -0.497 e. The Labute approximate surface area is 149 Å². The van der Waals surface area contributed by atoms with Gasteiger partial charge in [0, 0.05) is 11.4 Å². The molecular formula is C17H15NO5S2. The molecule has 0 unspecified atom stereocenters. The third-order valence-corrected chi connectivity index (χ3v) is 5.94. The highest BCUT2D eigenvalue weighted by atomic mass is 32.2. The van der Waals surface area contributed by atoms with Crippen molar-refractivity contribution in [3.05, 3.63) is 70.3 Å². The lowest BCUT2D eigenvalue weighted by molar-refractivity contribution is 0.101. The lowest BCUT2D eigenvalue weighted by Gasteiger charge is -2.06. The summed E-state index contributed by atoms with van der Waals surface area (Å²) < 4.78 is 37.2. The minimum atomic E-state index is -3.64. The number of thiophene rings is 1. The second kappa shape index (κ2) is 7.22. The van der Waals surface area contributed by atoms with Crippen LogP contribution in [0.15, 0.2) is 64.1 Å². The summed E-state index contributed by atoms with van der Waals surface area (Å²) in [5, 5.41) is 0. The summed E-state index contributed by atoms with van der Waals surface area (Å²) in [6, 6.07) is 12.7. The largest absolute Gasteiger partial charge is 0.497 e. The van der Waals surface area contributed by atoms with Gasteiger partial charge in [-0.25, -0.2) is 13.1 Å². The Morgan fingerprint density at radius 2 is 1.92 bits per heavy atom. The van der Waals surface area contributed by atoms with E-state index in [0.717, 1.165) is 4.88 Å². The molecule has 0 fully saturated rings. The highest BCUT2D eigenvalue weighted by Crippen LogP contribution is 2.21. The van der Waals surface area contributed by atoms with Gasteiger partial charge in [-0.2, -0.15) is 0 Å². The van der Waals surface area contributed by atoms with Crippen LogP contribution >= 0.6 is 11.3 Å². The van der Waals surface area contributed by atoms with Crippen molar-refractivity contribution in [2.75, 3.05) is 7.11 Å². The molecule has 3 rings (SSSR count). The normalized spacial score (nSPS) is 11.4. The van der Waals surface area contributed by atoms with E-state index in [9.17, 15) is 13.2 Å². The molecule has 0 aliphatic carbocycles. The molecule has 0 aliphatic rings. The van der Waals surface area contributed by atoms with Crippen LogP contribution in [0.5, 0.6) is 5.75 Å². The molecule has 1 aromatic carbocycles. The van der Waals surface area contributed by atoms with E-state index in [1.54, 1.807) is 36.4 Å². The van der Waals surface area contributed by atoms with Crippen LogP contribution in [0.1, 0.15) is 20.3 Å². The molecule has 25 heavy (non-hydrogen) atoms. The van der Waals surface area contributed by atoms with Crippen molar-refractivity contribution in [1.82, 2.24) is 4.72 Å². The molecule has 0 amide bonds. The Hall–Kier alpha value is -2.42. The first-order valence-corrected chi connectivity index (χ1v) is 9.60. The molecule has 0 radical (unpaired) electrons. The summed E-state index contributed by atoms with van der Waals surface area (Å²) in [5.41, 5.74) is 0. The van der Waals surface area contributed by atoms with Gasteiger partial charge in [0.2, 0.25) is 15.8 Å². The second-order valence-electron chi connectivity index (χ2n) is 5.07. The maximum Gasteiger partial charge on any atom is 0.240 e. The molecule has 0 saturated carbocycles. The molecule has 0 aliphatic heterocycles. The van der Waals surface area contributed by atoms with Crippen LogP contribution in [0.25, 0.3) is 0 Å². The summed E-state index contributed by atoms with van der Waals surface area (Å²) in [4.78, 5) is 13.5. The van der Waals surface area contributed by atoms with Crippen LogP contribution in [0.4, 0.5) is 0 Å². The van der Waals surface area contributed by atoms with Crippen molar-refractivity contribution in [3.8, 4) is 5.75 Å². The van der Waals surface area contributed by atoms with Gasteiger partial charge in [-0.05, 0) is 48.5 Å². The Balaban J connectivity index is 1.68. The molecular weight excluding hydrogens is 362 g/mol. The number of sulfonamides is 1. The molecule has 8 heteroatoms. The number of hydrogen-bond donors (Lipinski definition) is 1. The van der Waals surface area contributed by atoms with Crippen molar-refractivity contribution >= 4 is 27.1 Å². The fraction of sp³-hybridized carbons (Fsp3) is 0.118. The maximum atomic E-state index is 12.3. The zero-order valence-electron chi connectivity index (χ0n) is 13.3. The van der Waals surface area contributed by atoms with E-state index in [1.807, 2.05) is 0 Å². The number of hydrogen-bond acceptors (Lipinski definition) is 6. The van der Waals surface area contributed by atoms with Crippen LogP contribution in [0, 0.1) is 0 Å². The fourth-order valence-corrected chi connectivity index (χ4v) is 4.12. The van der Waals surface area contributed by atoms with Crippen molar-refractivity contribution < 1.29 is 22.4 Å². The Bertz CT molecular complexity index is 957. The van der Waals surface area contributed by atoms with Gasteiger partial charge >= 0.3 is 0 Å². The molecule has 2 aromatic heterocycles. The molecule has 130 valence electrons. The maximum absolute atomic E-state index is 12.3. The average Bonchev–Trinajstić information content (AvgIpc) is 3.31. The van der Waals surface area contributed by atoms with E-state index < -0.39 is 10.0 Å². The molecule has 6 nitrogen and oxygen atoms in total. The lowest BCUT2D eigenvalue weighted by atomic mass is 10.2. The van der Waals surface area contributed by atoms with Crippen molar-refractivity contribution in [3.63, 3.8) is 0 Å². The van der Waals surface area contributed by atoms with Crippen LogP contribution in [0.2, 0.25) is 0 Å². The van der Waals surface area contributed by atoms with Gasteiger partial charge < -0.3 is 9.15 Å². The summed E-state index contributed by atoms with van der Waals surface area (Å²) in [5.74, 6) is 0.616. The third kappa shape index (κ3) is 3.98. The monoisotopic (exact) mass is 377 g/mol. The number of carbonyl (C=O) groups is 1. The Kier molecular flexibility index (Phi) is 5.03. The standard InChI is InChI=1S/C17H15NO5S2/c1-22-12-4-7-14(8-5-12)25(20,21)18-11-13-6-9-16(24-13)17(19)15-3-2-10-23-15/h2-10,18H,11H2,1H3. The van der Waals surface area contributed by atoms with Gasteiger partial charge in [0.1, 0.15) is 5.75 Å². The number of furan rings is 1. The predicted octanol–water partition coefficient (Wildman–Crippen LogP) is 3.06. The van der Waals surface area contributed by atoms with Gasteiger partial charge in [-0.1, -0.05) is 0 Å². The Morgan fingerprint density at radius 1 is 1.16 bits per heavy atom. The van der Waals surface area contributed by atoms with E-state index in [-0.39, 0.29) is 23.0 Å². The first kappa shape index (κ1) is 17.4. The zero-order valence-corrected chi connectivity index (χ0v) is 14.9. The topological polar surface area (TPSA) is 85.6 Å². The quantitative estimate of drug-likeness (QED) is 0.640. The highest BCUT2D eigenvalue weighted by Gasteiger charge is 2.17. The van der Waals surface area contributed by atoms with E-state index in [4.69, 9.17) is 9.15 Å². The van der Waals surface area contributed by atoms with Crippen LogP contribution in [0.3, 0.4) is 0 Å². The average molecular weight is 377 g/mol. The molecule has 0 saturated heterocycles. The summed E-state index contributed by atoms with van der Waals surface area (Å²) in [6.07, 6.45) is 1.44. The molecule has 0 bridgehead atoms. The minimum absolute atomic E-state index is 0.102. The van der Waals surface area contributed by atoms with E-state index in [0.29, 0.717) is 10.6 Å². The molecule has 0 spiro atoms. The Morgan fingerprint density at radius 3 is 2.56 bits per heavy atom. The van der Waals surface area contributed by atoms with Crippen LogP contribution in [-0.2, 0) is 16.6 Å². The number of methoxy groups -OCH3 is 1. The fourth-order valence-electron chi connectivity index (χ4n) is 2.13. The summed E-state index contributed by atoms with van der Waals surface area (Å²) in [7, 11) is -2.13. The number of benzene rings is 1. The summed E-state index contributed by atoms with van der Waals surface area (Å²) >= 11 is 1.22. The number of ether oxygens (including phenoxy) is 1. The zero-order chi connectivity index (χ0) is 17.9. The highest BCUT2D eigenvalue weighted by molar-refractivity contribution is 7.89. The van der Waals surface area contributed by atoms with E-state index in [2.05, 4.69) is 4.72 Å². The molecule has 1 N–H and O–H groups in total. The number of nitrogens with one attached hydrogen (secondary N) is 1. The van der Waals surface area contributed by atoms with Crippen molar-refractivity contribution in [2.45, 2.75) is 11.4 Å². The van der Waals surface area contributed by atoms with Crippen molar-refractivity contribution in [2.24, 2.45) is 0 Å². The first-order chi connectivity index (χ1) is 12.0. The SMILES string of the molecule is COc1ccc(S(=O)(=O)NCc2ccc(C(=O)c3ccco3)s2)cc1. The first-order valence-electron chi connectivity index (χ1n) is 7.30. The molecule has 2 heterocycles. The van der Waals surface area contributed by atoms with Crippen LogP contribution < -0.4 is 9.46 Å². The van der Waals surface area contributed by atoms with Gasteiger partial charge in [-0.3, -0.25) is 4.79 Å². The van der Waals surface area contributed by atoms with Gasteiger partial charge in [-0.15, -0.1) is 11.3 Å². The number of rotatable bonds is 7. The van der Waals surface area contributed by atoms with Crippen molar-refractivity contribution in [1.29, 1.82) is 0 Å². The number of carbonyl (C=O) groups excluding carboxylic acids is 1. The number of ketones is 1. The van der Waals surface area contributed by atoms with E-state index in [1.165, 1.54) is 36.8 Å². The predicted molar refractivity (Wildman–Crippen MR) is 93.5 cm³/mol. The molecule has 3 aromatic rings. The van der Waals surface area contributed by atoms with Gasteiger partial charge in [0.15, 0.2) is 5.76 Å². The third-order valence-electron chi connectivity index (χ3n) is 3.44. The smallest absolute Gasteiger partial charge is 0.240 e. The summed E-state index contributed by atoms with van der Waals surface area (Å²) in [6.45, 7) is 0.102.